The first-order valence-electron chi connectivity index (χ1n) is 5.37. The highest BCUT2D eigenvalue weighted by Gasteiger charge is 2.34. The second kappa shape index (κ2) is 7.01. The molecule has 0 saturated carbocycles. The molecule has 0 aliphatic rings. The van der Waals surface area contributed by atoms with Gasteiger partial charge in [-0.2, -0.15) is 0 Å². The first-order chi connectivity index (χ1) is 9.67. The van der Waals surface area contributed by atoms with Crippen molar-refractivity contribution in [1.29, 1.82) is 0 Å². The number of carbonyl (C=O) groups excluding carboxylic acids is 1. The minimum Gasteiger partial charge on any atom is -0.469 e. The van der Waals surface area contributed by atoms with E-state index in [4.69, 9.17) is 0 Å². The van der Waals surface area contributed by atoms with Crippen LogP contribution < -0.4 is 4.74 Å². The number of pyridine rings is 1. The molecule has 4 nitrogen and oxygen atoms in total. The van der Waals surface area contributed by atoms with E-state index in [-0.39, 0.29) is 16.6 Å². The van der Waals surface area contributed by atoms with Crippen LogP contribution in [-0.2, 0) is 21.3 Å². The van der Waals surface area contributed by atoms with Crippen molar-refractivity contribution in [3.8, 4) is 5.75 Å². The van der Waals surface area contributed by atoms with E-state index in [1.807, 2.05) is 0 Å². The van der Waals surface area contributed by atoms with E-state index in [1.54, 1.807) is 0 Å². The van der Waals surface area contributed by atoms with Crippen molar-refractivity contribution in [2.45, 2.75) is 24.5 Å². The summed E-state index contributed by atoms with van der Waals surface area (Å²) in [4.78, 5) is 14.8. The number of carbonyl (C=O) groups is 1. The van der Waals surface area contributed by atoms with Gasteiger partial charge in [-0.05, 0) is 0 Å². The van der Waals surface area contributed by atoms with Crippen LogP contribution in [0.25, 0.3) is 0 Å². The standard InChI is InChI=1S/C11H9BrF5NO3/c1-20-9(19)2-5-7(4-12)18-6(10(13)14)3-8(5)21-11(15,16)17/h3,10H,2,4H2,1H3. The van der Waals surface area contributed by atoms with Crippen LogP contribution in [0.1, 0.15) is 23.4 Å². The van der Waals surface area contributed by atoms with E-state index < -0.39 is 36.6 Å². The van der Waals surface area contributed by atoms with Gasteiger partial charge in [0.25, 0.3) is 6.43 Å². The Bertz CT molecular complexity index is 521. The van der Waals surface area contributed by atoms with Crippen LogP contribution in [0.3, 0.4) is 0 Å². The van der Waals surface area contributed by atoms with Gasteiger partial charge < -0.3 is 9.47 Å². The number of aromatic nitrogens is 1. The van der Waals surface area contributed by atoms with E-state index in [0.717, 1.165) is 7.11 Å². The summed E-state index contributed by atoms with van der Waals surface area (Å²) in [5.41, 5.74) is -1.30. The lowest BCUT2D eigenvalue weighted by molar-refractivity contribution is -0.275. The minimum absolute atomic E-state index is 0.131. The highest BCUT2D eigenvalue weighted by Crippen LogP contribution is 2.33. The summed E-state index contributed by atoms with van der Waals surface area (Å²) in [6.45, 7) is 0. The van der Waals surface area contributed by atoms with E-state index in [9.17, 15) is 26.7 Å². The van der Waals surface area contributed by atoms with E-state index in [0.29, 0.717) is 6.07 Å². The van der Waals surface area contributed by atoms with E-state index in [1.165, 1.54) is 0 Å². The maximum atomic E-state index is 12.7. The molecule has 0 bridgehead atoms. The third kappa shape index (κ3) is 5.10. The van der Waals surface area contributed by atoms with Crippen LogP contribution >= 0.6 is 15.9 Å². The van der Waals surface area contributed by atoms with Crippen molar-refractivity contribution in [3.63, 3.8) is 0 Å². The molecule has 0 amide bonds. The SMILES string of the molecule is COC(=O)Cc1c(OC(F)(F)F)cc(C(F)F)nc1CBr. The summed E-state index contributed by atoms with van der Waals surface area (Å²) < 4.78 is 70.4. The average Bonchev–Trinajstić information content (AvgIpc) is 2.38. The lowest BCUT2D eigenvalue weighted by Gasteiger charge is -2.16. The Balaban J connectivity index is 3.37. The summed E-state index contributed by atoms with van der Waals surface area (Å²) >= 11 is 2.92. The number of hydrogen-bond acceptors (Lipinski definition) is 4. The first kappa shape index (κ1) is 17.6. The van der Waals surface area contributed by atoms with Crippen LogP contribution in [0.4, 0.5) is 22.0 Å². The number of esters is 1. The number of alkyl halides is 6. The van der Waals surface area contributed by atoms with Gasteiger partial charge in [0.05, 0.1) is 19.2 Å². The summed E-state index contributed by atoms with van der Waals surface area (Å²) in [5.74, 6) is -1.75. The molecule has 0 unspecified atom stereocenters. The highest BCUT2D eigenvalue weighted by molar-refractivity contribution is 9.08. The molecule has 0 atom stereocenters. The van der Waals surface area contributed by atoms with Gasteiger partial charge in [-0.25, -0.2) is 8.78 Å². The Morgan fingerprint density at radius 2 is 2.05 bits per heavy atom. The maximum absolute atomic E-state index is 12.7. The molecule has 0 N–H and O–H groups in total. The van der Waals surface area contributed by atoms with Gasteiger partial charge in [0.2, 0.25) is 0 Å². The van der Waals surface area contributed by atoms with Crippen molar-refractivity contribution in [2.24, 2.45) is 0 Å². The fourth-order valence-corrected chi connectivity index (χ4v) is 1.93. The first-order valence-corrected chi connectivity index (χ1v) is 6.49. The predicted octanol–water partition coefficient (Wildman–Crippen LogP) is 3.53. The summed E-state index contributed by atoms with van der Waals surface area (Å²) in [7, 11) is 1.04. The zero-order valence-electron chi connectivity index (χ0n) is 10.5. The normalized spacial score (nSPS) is 11.6. The number of methoxy groups -OCH3 is 1. The molecule has 1 heterocycles. The van der Waals surface area contributed by atoms with Crippen LogP contribution in [0, 0.1) is 0 Å². The Morgan fingerprint density at radius 1 is 1.43 bits per heavy atom. The highest BCUT2D eigenvalue weighted by atomic mass is 79.9. The second-order valence-corrected chi connectivity index (χ2v) is 4.27. The molecular formula is C11H9BrF5NO3. The molecule has 10 heteroatoms. The van der Waals surface area contributed by atoms with Gasteiger partial charge in [-0.1, -0.05) is 15.9 Å². The molecule has 1 rings (SSSR count). The van der Waals surface area contributed by atoms with Gasteiger partial charge in [0.1, 0.15) is 11.4 Å². The molecule has 118 valence electrons. The van der Waals surface area contributed by atoms with E-state index >= 15 is 0 Å². The smallest absolute Gasteiger partial charge is 0.469 e. The van der Waals surface area contributed by atoms with Crippen molar-refractivity contribution < 1.29 is 36.2 Å². The minimum atomic E-state index is -5.09. The van der Waals surface area contributed by atoms with Crippen molar-refractivity contribution in [3.05, 3.63) is 23.0 Å². The number of halogens is 6. The Kier molecular flexibility index (Phi) is 5.87. The van der Waals surface area contributed by atoms with Gasteiger partial charge in [-0.3, -0.25) is 9.78 Å². The molecule has 0 saturated heterocycles. The van der Waals surface area contributed by atoms with Gasteiger partial charge in [0.15, 0.2) is 0 Å². The zero-order chi connectivity index (χ0) is 16.2. The van der Waals surface area contributed by atoms with Crippen molar-refractivity contribution in [1.82, 2.24) is 4.98 Å². The molecule has 0 fully saturated rings. The number of hydrogen-bond donors (Lipinski definition) is 0. The maximum Gasteiger partial charge on any atom is 0.573 e. The van der Waals surface area contributed by atoms with Gasteiger partial charge >= 0.3 is 12.3 Å². The predicted molar refractivity (Wildman–Crippen MR) is 64.2 cm³/mol. The molecule has 0 aliphatic heterocycles. The Hall–Kier alpha value is -1.45. The lowest BCUT2D eigenvalue weighted by Crippen LogP contribution is -2.20. The quantitative estimate of drug-likeness (QED) is 0.447. The van der Waals surface area contributed by atoms with Crippen LogP contribution in [0.15, 0.2) is 6.07 Å². The fourth-order valence-electron chi connectivity index (χ4n) is 1.46. The largest absolute Gasteiger partial charge is 0.573 e. The topological polar surface area (TPSA) is 48.4 Å². The molecule has 21 heavy (non-hydrogen) atoms. The zero-order valence-corrected chi connectivity index (χ0v) is 12.1. The third-order valence-electron chi connectivity index (χ3n) is 2.31. The van der Waals surface area contributed by atoms with Crippen molar-refractivity contribution in [2.75, 3.05) is 7.11 Å². The Morgan fingerprint density at radius 3 is 2.48 bits per heavy atom. The third-order valence-corrected chi connectivity index (χ3v) is 2.84. The molecule has 1 aromatic heterocycles. The summed E-state index contributed by atoms with van der Waals surface area (Å²) in [6.07, 6.45) is -8.75. The number of nitrogens with zero attached hydrogens (tertiary/aromatic N) is 1. The lowest BCUT2D eigenvalue weighted by atomic mass is 10.1. The number of rotatable bonds is 5. The molecule has 0 radical (unpaired) electrons. The molecule has 0 aliphatic carbocycles. The number of ether oxygens (including phenoxy) is 2. The van der Waals surface area contributed by atoms with E-state index in [2.05, 4.69) is 30.4 Å². The molecular weight excluding hydrogens is 369 g/mol. The van der Waals surface area contributed by atoms with Gasteiger partial charge in [-0.15, -0.1) is 13.2 Å². The van der Waals surface area contributed by atoms with Crippen LogP contribution in [0.2, 0.25) is 0 Å². The molecule has 0 spiro atoms. The van der Waals surface area contributed by atoms with Gasteiger partial charge in [0, 0.05) is 17.0 Å². The van der Waals surface area contributed by atoms with Crippen LogP contribution in [0.5, 0.6) is 5.75 Å². The summed E-state index contributed by atoms with van der Waals surface area (Å²) in [5, 5.41) is -0.131. The molecule has 1 aromatic rings. The van der Waals surface area contributed by atoms with Crippen LogP contribution in [-0.4, -0.2) is 24.4 Å². The monoisotopic (exact) mass is 377 g/mol. The second-order valence-electron chi connectivity index (χ2n) is 3.71. The summed E-state index contributed by atoms with van der Waals surface area (Å²) in [6, 6.07) is 0.461. The molecule has 0 aromatic carbocycles. The average molecular weight is 378 g/mol. The fraction of sp³-hybridized carbons (Fsp3) is 0.455. The van der Waals surface area contributed by atoms with Crippen molar-refractivity contribution >= 4 is 21.9 Å². The Labute approximate surface area is 124 Å².